The standard InChI is InChI=1S/C16H24N2O/c1-13-9-17-16(15-5-3-2-4-6-15)11-18(13)10-14-7-8-19-12-14/h2-6,13-14,16-17H,7-12H2,1H3. The van der Waals surface area contributed by atoms with Gasteiger partial charge in [-0.1, -0.05) is 30.3 Å². The molecule has 1 aromatic rings. The topological polar surface area (TPSA) is 24.5 Å². The summed E-state index contributed by atoms with van der Waals surface area (Å²) in [5, 5.41) is 3.67. The Morgan fingerprint density at radius 1 is 1.32 bits per heavy atom. The SMILES string of the molecule is CC1CNC(c2ccccc2)CN1CC1CCOC1. The largest absolute Gasteiger partial charge is 0.381 e. The van der Waals surface area contributed by atoms with Crippen molar-refractivity contribution in [1.82, 2.24) is 10.2 Å². The summed E-state index contributed by atoms with van der Waals surface area (Å²) in [5.41, 5.74) is 1.40. The van der Waals surface area contributed by atoms with Crippen LogP contribution < -0.4 is 5.32 Å². The quantitative estimate of drug-likeness (QED) is 0.900. The predicted molar refractivity (Wildman–Crippen MR) is 77.1 cm³/mol. The van der Waals surface area contributed by atoms with Crippen LogP contribution >= 0.6 is 0 Å². The van der Waals surface area contributed by atoms with Crippen molar-refractivity contribution < 1.29 is 4.74 Å². The number of nitrogens with zero attached hydrogens (tertiary/aromatic N) is 1. The maximum atomic E-state index is 5.50. The number of rotatable bonds is 3. The molecule has 0 aliphatic carbocycles. The average molecular weight is 260 g/mol. The van der Waals surface area contributed by atoms with E-state index in [4.69, 9.17) is 4.74 Å². The maximum Gasteiger partial charge on any atom is 0.0507 e. The highest BCUT2D eigenvalue weighted by Gasteiger charge is 2.28. The lowest BCUT2D eigenvalue weighted by Gasteiger charge is -2.40. The molecule has 3 heteroatoms. The van der Waals surface area contributed by atoms with Crippen molar-refractivity contribution in [1.29, 1.82) is 0 Å². The lowest BCUT2D eigenvalue weighted by molar-refractivity contribution is 0.110. The molecule has 2 saturated heterocycles. The molecule has 2 fully saturated rings. The molecule has 104 valence electrons. The molecule has 1 aromatic carbocycles. The van der Waals surface area contributed by atoms with Crippen LogP contribution in [0.15, 0.2) is 30.3 Å². The molecule has 0 spiro atoms. The maximum absolute atomic E-state index is 5.50. The van der Waals surface area contributed by atoms with Crippen LogP contribution in [0.25, 0.3) is 0 Å². The van der Waals surface area contributed by atoms with Crippen LogP contribution in [0.1, 0.15) is 24.9 Å². The van der Waals surface area contributed by atoms with E-state index in [0.717, 1.165) is 32.2 Å². The molecule has 2 aliphatic heterocycles. The van der Waals surface area contributed by atoms with Gasteiger partial charge in [0.15, 0.2) is 0 Å². The zero-order valence-corrected chi connectivity index (χ0v) is 11.7. The Bertz CT molecular complexity index is 389. The van der Waals surface area contributed by atoms with E-state index in [-0.39, 0.29) is 0 Å². The number of nitrogens with one attached hydrogen (secondary N) is 1. The summed E-state index contributed by atoms with van der Waals surface area (Å²) >= 11 is 0. The molecule has 0 amide bonds. The van der Waals surface area contributed by atoms with Crippen molar-refractivity contribution in [2.45, 2.75) is 25.4 Å². The molecule has 19 heavy (non-hydrogen) atoms. The molecule has 3 nitrogen and oxygen atoms in total. The summed E-state index contributed by atoms with van der Waals surface area (Å²) in [5.74, 6) is 0.733. The van der Waals surface area contributed by atoms with Gasteiger partial charge in [0, 0.05) is 38.3 Å². The van der Waals surface area contributed by atoms with Gasteiger partial charge in [-0.05, 0) is 24.8 Å². The second-order valence-electron chi connectivity index (χ2n) is 5.90. The minimum Gasteiger partial charge on any atom is -0.381 e. The second-order valence-corrected chi connectivity index (χ2v) is 5.90. The molecule has 1 N–H and O–H groups in total. The van der Waals surface area contributed by atoms with E-state index in [1.165, 1.54) is 18.5 Å². The molecule has 2 aliphatic rings. The number of benzene rings is 1. The van der Waals surface area contributed by atoms with Crippen LogP contribution in [0.2, 0.25) is 0 Å². The number of piperazine rings is 1. The molecule has 0 radical (unpaired) electrons. The second kappa shape index (κ2) is 6.04. The van der Waals surface area contributed by atoms with Crippen LogP contribution in [-0.4, -0.2) is 43.8 Å². The van der Waals surface area contributed by atoms with Crippen molar-refractivity contribution in [3.63, 3.8) is 0 Å². The lowest BCUT2D eigenvalue weighted by Crippen LogP contribution is -2.52. The van der Waals surface area contributed by atoms with Gasteiger partial charge < -0.3 is 10.1 Å². The van der Waals surface area contributed by atoms with Gasteiger partial charge in [-0.2, -0.15) is 0 Å². The van der Waals surface area contributed by atoms with Gasteiger partial charge in [-0.25, -0.2) is 0 Å². The van der Waals surface area contributed by atoms with Crippen molar-refractivity contribution in [3.05, 3.63) is 35.9 Å². The Balaban J connectivity index is 1.63. The van der Waals surface area contributed by atoms with E-state index in [9.17, 15) is 0 Å². The third-order valence-electron chi connectivity index (χ3n) is 4.42. The Labute approximate surface area is 115 Å². The highest BCUT2D eigenvalue weighted by atomic mass is 16.5. The predicted octanol–water partition coefficient (Wildman–Crippen LogP) is 2.06. The first kappa shape index (κ1) is 13.1. The molecular weight excluding hydrogens is 236 g/mol. The average Bonchev–Trinajstić information content (AvgIpc) is 2.95. The van der Waals surface area contributed by atoms with E-state index in [1.807, 2.05) is 0 Å². The summed E-state index contributed by atoms with van der Waals surface area (Å²) in [6, 6.07) is 11.9. The first-order valence-electron chi connectivity index (χ1n) is 7.43. The summed E-state index contributed by atoms with van der Waals surface area (Å²) in [7, 11) is 0. The molecule has 3 rings (SSSR count). The minimum absolute atomic E-state index is 0.472. The third kappa shape index (κ3) is 3.16. The normalized spacial score (nSPS) is 32.6. The van der Waals surface area contributed by atoms with Gasteiger partial charge in [-0.3, -0.25) is 4.90 Å². The number of hydrogen-bond acceptors (Lipinski definition) is 3. The van der Waals surface area contributed by atoms with Crippen molar-refractivity contribution in [2.24, 2.45) is 5.92 Å². The Kier molecular flexibility index (Phi) is 4.16. The molecule has 2 heterocycles. The summed E-state index contributed by atoms with van der Waals surface area (Å²) in [6.07, 6.45) is 1.23. The van der Waals surface area contributed by atoms with E-state index in [0.29, 0.717) is 12.1 Å². The summed E-state index contributed by atoms with van der Waals surface area (Å²) in [4.78, 5) is 2.63. The fraction of sp³-hybridized carbons (Fsp3) is 0.625. The number of ether oxygens (including phenoxy) is 1. The molecule has 0 saturated carbocycles. The fourth-order valence-corrected chi connectivity index (χ4v) is 3.14. The molecule has 0 aromatic heterocycles. The smallest absolute Gasteiger partial charge is 0.0507 e. The molecule has 3 atom stereocenters. The lowest BCUT2D eigenvalue weighted by atomic mass is 10.00. The van der Waals surface area contributed by atoms with Gasteiger partial charge in [0.1, 0.15) is 0 Å². The van der Waals surface area contributed by atoms with E-state index >= 15 is 0 Å². The summed E-state index contributed by atoms with van der Waals surface area (Å²) < 4.78 is 5.50. The fourth-order valence-electron chi connectivity index (χ4n) is 3.14. The van der Waals surface area contributed by atoms with Gasteiger partial charge in [0.2, 0.25) is 0 Å². The third-order valence-corrected chi connectivity index (χ3v) is 4.42. The molecule has 3 unspecified atom stereocenters. The Morgan fingerprint density at radius 2 is 2.16 bits per heavy atom. The van der Waals surface area contributed by atoms with Crippen LogP contribution in [0.3, 0.4) is 0 Å². The highest BCUT2D eigenvalue weighted by Crippen LogP contribution is 2.22. The monoisotopic (exact) mass is 260 g/mol. The van der Waals surface area contributed by atoms with Crippen LogP contribution in [0.4, 0.5) is 0 Å². The Morgan fingerprint density at radius 3 is 2.89 bits per heavy atom. The summed E-state index contributed by atoms with van der Waals surface area (Å²) in [6.45, 7) is 7.60. The van der Waals surface area contributed by atoms with Crippen molar-refractivity contribution in [3.8, 4) is 0 Å². The zero-order chi connectivity index (χ0) is 13.1. The van der Waals surface area contributed by atoms with Crippen LogP contribution in [0, 0.1) is 5.92 Å². The minimum atomic E-state index is 0.472. The van der Waals surface area contributed by atoms with Gasteiger partial charge >= 0.3 is 0 Å². The molecule has 0 bridgehead atoms. The van der Waals surface area contributed by atoms with Crippen molar-refractivity contribution in [2.75, 3.05) is 32.8 Å². The zero-order valence-electron chi connectivity index (χ0n) is 11.7. The van der Waals surface area contributed by atoms with E-state index in [1.54, 1.807) is 0 Å². The van der Waals surface area contributed by atoms with Crippen molar-refractivity contribution >= 4 is 0 Å². The van der Waals surface area contributed by atoms with E-state index in [2.05, 4.69) is 47.5 Å². The Hall–Kier alpha value is -0.900. The van der Waals surface area contributed by atoms with Gasteiger partial charge in [-0.15, -0.1) is 0 Å². The van der Waals surface area contributed by atoms with Gasteiger partial charge in [0.05, 0.1) is 6.61 Å². The first-order chi connectivity index (χ1) is 9.33. The van der Waals surface area contributed by atoms with Crippen LogP contribution in [0.5, 0.6) is 0 Å². The number of hydrogen-bond donors (Lipinski definition) is 1. The van der Waals surface area contributed by atoms with E-state index < -0.39 is 0 Å². The molecular formula is C16H24N2O. The van der Waals surface area contributed by atoms with Gasteiger partial charge in [0.25, 0.3) is 0 Å². The van der Waals surface area contributed by atoms with Crippen LogP contribution in [-0.2, 0) is 4.74 Å². The first-order valence-corrected chi connectivity index (χ1v) is 7.43. The highest BCUT2D eigenvalue weighted by molar-refractivity contribution is 5.20.